The topological polar surface area (TPSA) is 69.5 Å². The van der Waals surface area contributed by atoms with E-state index in [4.69, 9.17) is 4.74 Å². The molecule has 0 radical (unpaired) electrons. The van der Waals surface area contributed by atoms with Crippen LogP contribution < -0.4 is 4.74 Å². The number of carbonyl (C=O) groups is 1. The fourth-order valence-electron chi connectivity index (χ4n) is 2.84. The fourth-order valence-corrected chi connectivity index (χ4v) is 3.71. The molecule has 3 rings (SSSR count). The summed E-state index contributed by atoms with van der Waals surface area (Å²) in [4.78, 5) is 21.2. The summed E-state index contributed by atoms with van der Waals surface area (Å²) in [5, 5.41) is 9.96. The molecule has 0 bridgehead atoms. The van der Waals surface area contributed by atoms with Crippen molar-refractivity contribution >= 4 is 17.7 Å². The Morgan fingerprint density at radius 1 is 1.19 bits per heavy atom. The number of likely N-dealkylation sites (N-methyl/N-ethyl adjacent to an activating group) is 1. The third kappa shape index (κ3) is 4.79. The van der Waals surface area contributed by atoms with Gasteiger partial charge in [-0.1, -0.05) is 11.8 Å². The van der Waals surface area contributed by atoms with E-state index in [9.17, 15) is 10.1 Å². The largest absolute Gasteiger partial charge is 0.497 e. The van der Waals surface area contributed by atoms with Crippen LogP contribution in [0.4, 0.5) is 0 Å². The molecule has 6 nitrogen and oxygen atoms in total. The lowest BCUT2D eigenvalue weighted by Gasteiger charge is -2.32. The molecule has 2 aromatic rings. The van der Waals surface area contributed by atoms with Crippen LogP contribution in [-0.2, 0) is 4.79 Å². The van der Waals surface area contributed by atoms with E-state index in [-0.39, 0.29) is 11.7 Å². The van der Waals surface area contributed by atoms with Crippen LogP contribution in [0, 0.1) is 11.3 Å². The molecule has 1 amide bonds. The molecule has 1 fully saturated rings. The number of carbonyl (C=O) groups excluding carboxylic acids is 1. The second-order valence-electron chi connectivity index (χ2n) is 6.36. The number of methoxy groups -OCH3 is 1. The van der Waals surface area contributed by atoms with E-state index >= 15 is 0 Å². The Morgan fingerprint density at radius 2 is 1.89 bits per heavy atom. The average molecular weight is 382 g/mol. The molecule has 0 aliphatic carbocycles. The van der Waals surface area contributed by atoms with Crippen LogP contribution in [0.5, 0.6) is 5.75 Å². The Labute approximate surface area is 163 Å². The van der Waals surface area contributed by atoms with Crippen LogP contribution in [-0.4, -0.2) is 66.8 Å². The Bertz CT molecular complexity index is 840. The molecule has 7 heteroatoms. The van der Waals surface area contributed by atoms with Crippen molar-refractivity contribution in [2.75, 3.05) is 46.1 Å². The predicted octanol–water partition coefficient (Wildman–Crippen LogP) is 2.49. The molecule has 0 unspecified atom stereocenters. The van der Waals surface area contributed by atoms with Crippen molar-refractivity contribution in [1.82, 2.24) is 14.8 Å². The first-order valence-electron chi connectivity index (χ1n) is 8.75. The van der Waals surface area contributed by atoms with Crippen LogP contribution in [0.2, 0.25) is 0 Å². The summed E-state index contributed by atoms with van der Waals surface area (Å²) in [6, 6.07) is 13.4. The molecular formula is C20H22N4O2S. The number of amides is 1. The van der Waals surface area contributed by atoms with Crippen molar-refractivity contribution in [2.45, 2.75) is 5.03 Å². The summed E-state index contributed by atoms with van der Waals surface area (Å²) in [7, 11) is 3.69. The monoisotopic (exact) mass is 382 g/mol. The number of ether oxygens (including phenoxy) is 1. The van der Waals surface area contributed by atoms with Crippen LogP contribution in [0.1, 0.15) is 5.56 Å². The van der Waals surface area contributed by atoms with Crippen LogP contribution in [0.25, 0.3) is 11.3 Å². The first-order valence-corrected chi connectivity index (χ1v) is 9.74. The highest BCUT2D eigenvalue weighted by molar-refractivity contribution is 8.00. The zero-order chi connectivity index (χ0) is 19.2. The first-order chi connectivity index (χ1) is 13.1. The van der Waals surface area contributed by atoms with Gasteiger partial charge in [-0.15, -0.1) is 0 Å². The second-order valence-corrected chi connectivity index (χ2v) is 7.33. The van der Waals surface area contributed by atoms with Crippen molar-refractivity contribution in [3.8, 4) is 23.1 Å². The third-order valence-corrected chi connectivity index (χ3v) is 5.53. The fraction of sp³-hybridized carbons (Fsp3) is 0.350. The average Bonchev–Trinajstić information content (AvgIpc) is 2.72. The molecule has 1 aliphatic rings. The zero-order valence-electron chi connectivity index (χ0n) is 15.5. The van der Waals surface area contributed by atoms with Gasteiger partial charge in [-0.05, 0) is 43.4 Å². The van der Waals surface area contributed by atoms with Gasteiger partial charge >= 0.3 is 0 Å². The van der Waals surface area contributed by atoms with Crippen molar-refractivity contribution in [1.29, 1.82) is 5.26 Å². The van der Waals surface area contributed by atoms with Gasteiger partial charge in [0.25, 0.3) is 0 Å². The molecule has 27 heavy (non-hydrogen) atoms. The molecule has 0 spiro atoms. The quantitative estimate of drug-likeness (QED) is 0.740. The molecule has 2 heterocycles. The number of hydrogen-bond donors (Lipinski definition) is 0. The van der Waals surface area contributed by atoms with Gasteiger partial charge in [0.1, 0.15) is 16.8 Å². The first kappa shape index (κ1) is 19.2. The van der Waals surface area contributed by atoms with Crippen molar-refractivity contribution in [2.24, 2.45) is 0 Å². The lowest BCUT2D eigenvalue weighted by atomic mass is 10.1. The van der Waals surface area contributed by atoms with E-state index in [0.717, 1.165) is 43.2 Å². The van der Waals surface area contributed by atoms with E-state index in [0.29, 0.717) is 10.6 Å². The summed E-state index contributed by atoms with van der Waals surface area (Å²) in [6.45, 7) is 3.29. The highest BCUT2D eigenvalue weighted by Gasteiger charge is 2.20. The molecule has 1 aromatic carbocycles. The maximum Gasteiger partial charge on any atom is 0.233 e. The van der Waals surface area contributed by atoms with Gasteiger partial charge in [0.05, 0.1) is 24.1 Å². The number of aromatic nitrogens is 1. The number of thioether (sulfide) groups is 1. The number of pyridine rings is 1. The molecule has 0 N–H and O–H groups in total. The maximum atomic E-state index is 12.5. The molecule has 1 aromatic heterocycles. The number of piperazine rings is 1. The van der Waals surface area contributed by atoms with Gasteiger partial charge in [0.15, 0.2) is 0 Å². The van der Waals surface area contributed by atoms with Gasteiger partial charge in [0.2, 0.25) is 5.91 Å². The molecule has 0 saturated carbocycles. The van der Waals surface area contributed by atoms with Gasteiger partial charge < -0.3 is 14.5 Å². The van der Waals surface area contributed by atoms with Gasteiger partial charge in [-0.25, -0.2) is 4.98 Å². The summed E-state index contributed by atoms with van der Waals surface area (Å²) in [5.41, 5.74) is 2.20. The Balaban J connectivity index is 1.72. The number of benzene rings is 1. The zero-order valence-corrected chi connectivity index (χ0v) is 16.3. The lowest BCUT2D eigenvalue weighted by molar-refractivity contribution is -0.129. The molecular weight excluding hydrogens is 360 g/mol. The number of nitrogens with zero attached hydrogens (tertiary/aromatic N) is 4. The highest BCUT2D eigenvalue weighted by Crippen LogP contribution is 2.26. The SMILES string of the molecule is COc1ccc(-c2ccc(C#N)c(SCC(=O)N3CCN(C)CC3)n2)cc1. The normalized spacial score (nSPS) is 14.6. The minimum atomic E-state index is 0.0913. The van der Waals surface area contributed by atoms with Crippen molar-refractivity contribution < 1.29 is 9.53 Å². The van der Waals surface area contributed by atoms with Crippen LogP contribution in [0.3, 0.4) is 0 Å². The number of hydrogen-bond acceptors (Lipinski definition) is 6. The minimum Gasteiger partial charge on any atom is -0.497 e. The molecule has 1 aliphatic heterocycles. The van der Waals surface area contributed by atoms with E-state index in [1.807, 2.05) is 35.2 Å². The summed E-state index contributed by atoms with van der Waals surface area (Å²) < 4.78 is 5.18. The van der Waals surface area contributed by atoms with Gasteiger partial charge in [-0.2, -0.15) is 5.26 Å². The Hall–Kier alpha value is -2.56. The second kappa shape index (κ2) is 8.89. The van der Waals surface area contributed by atoms with Gasteiger partial charge in [0, 0.05) is 31.7 Å². The number of rotatable bonds is 5. The summed E-state index contributed by atoms with van der Waals surface area (Å²) in [6.07, 6.45) is 0. The highest BCUT2D eigenvalue weighted by atomic mass is 32.2. The Kier molecular flexibility index (Phi) is 6.32. The van der Waals surface area contributed by atoms with E-state index < -0.39 is 0 Å². The number of nitriles is 1. The summed E-state index contributed by atoms with van der Waals surface area (Å²) in [5.74, 6) is 1.16. The van der Waals surface area contributed by atoms with E-state index in [1.165, 1.54) is 11.8 Å². The Morgan fingerprint density at radius 3 is 2.52 bits per heavy atom. The van der Waals surface area contributed by atoms with Crippen LogP contribution >= 0.6 is 11.8 Å². The smallest absolute Gasteiger partial charge is 0.233 e. The standard InChI is InChI=1S/C20H22N4O2S/c1-23-9-11-24(12-10-23)19(25)14-27-20-16(13-21)5-8-18(22-20)15-3-6-17(26-2)7-4-15/h3-8H,9-12,14H2,1-2H3. The van der Waals surface area contributed by atoms with Gasteiger partial charge in [-0.3, -0.25) is 4.79 Å². The molecule has 140 valence electrons. The third-order valence-electron chi connectivity index (χ3n) is 4.55. The molecule has 1 saturated heterocycles. The molecule has 0 atom stereocenters. The van der Waals surface area contributed by atoms with E-state index in [2.05, 4.69) is 23.0 Å². The summed E-state index contributed by atoms with van der Waals surface area (Å²) >= 11 is 1.33. The predicted molar refractivity (Wildman–Crippen MR) is 106 cm³/mol. The van der Waals surface area contributed by atoms with Crippen molar-refractivity contribution in [3.05, 3.63) is 42.0 Å². The van der Waals surface area contributed by atoms with Crippen LogP contribution in [0.15, 0.2) is 41.4 Å². The maximum absolute atomic E-state index is 12.5. The minimum absolute atomic E-state index is 0.0913. The van der Waals surface area contributed by atoms with Crippen molar-refractivity contribution in [3.63, 3.8) is 0 Å². The lowest BCUT2D eigenvalue weighted by Crippen LogP contribution is -2.47. The van der Waals surface area contributed by atoms with E-state index in [1.54, 1.807) is 13.2 Å².